The average molecular weight is 303 g/mol. The molecule has 0 radical (unpaired) electrons. The van der Waals surface area contributed by atoms with Crippen molar-refractivity contribution < 1.29 is 0 Å². The first-order chi connectivity index (χ1) is 7.24. The molecule has 0 aromatic rings. The van der Waals surface area contributed by atoms with Crippen molar-refractivity contribution in [3.63, 3.8) is 0 Å². The fourth-order valence-electron chi connectivity index (χ4n) is 1.80. The van der Waals surface area contributed by atoms with Crippen LogP contribution in [0.1, 0.15) is 19.3 Å². The zero-order chi connectivity index (χ0) is 11.6. The van der Waals surface area contributed by atoms with E-state index in [1.807, 2.05) is 0 Å². The van der Waals surface area contributed by atoms with Gasteiger partial charge in [0.15, 0.2) is 0 Å². The maximum absolute atomic E-state index is 3.86. The number of halogens is 1. The topological polar surface area (TPSA) is 0 Å². The maximum atomic E-state index is 3.86. The van der Waals surface area contributed by atoms with Crippen molar-refractivity contribution in [2.45, 2.75) is 37.4 Å². The molecular weight excluding hydrogens is 280 g/mol. The Kier molecular flexibility index (Phi) is 9.45. The molecule has 0 N–H and O–H groups in total. The Balaban J connectivity index is 4.34. The van der Waals surface area contributed by atoms with Crippen LogP contribution in [0.25, 0.3) is 0 Å². The van der Waals surface area contributed by atoms with Gasteiger partial charge in [0, 0.05) is 0 Å². The molecule has 86 valence electrons. The van der Waals surface area contributed by atoms with E-state index in [0.717, 1.165) is 0 Å². The molecule has 0 unspecified atom stereocenters. The highest BCUT2D eigenvalue weighted by Crippen LogP contribution is 2.27. The largest absolute Gasteiger partial charge is 0.139 e. The van der Waals surface area contributed by atoms with Gasteiger partial charge in [0.25, 0.3) is 0 Å². The summed E-state index contributed by atoms with van der Waals surface area (Å²) in [5, 5.41) is 0. The smallest absolute Gasteiger partial charge is 0.0921 e. The van der Waals surface area contributed by atoms with E-state index in [2.05, 4.69) is 53.3 Å². The molecule has 0 spiro atoms. The van der Waals surface area contributed by atoms with Gasteiger partial charge in [-0.3, -0.25) is 0 Å². The van der Waals surface area contributed by atoms with Crippen LogP contribution in [0.2, 0.25) is 18.1 Å². The van der Waals surface area contributed by atoms with Crippen molar-refractivity contribution in [2.75, 3.05) is 0 Å². The summed E-state index contributed by atoms with van der Waals surface area (Å²) in [7, 11) is -1.02. The van der Waals surface area contributed by atoms with E-state index in [-0.39, 0.29) is 7.66 Å². The molecule has 0 rings (SSSR count). The summed E-state index contributed by atoms with van der Waals surface area (Å²) in [4.78, 5) is 0. The summed E-state index contributed by atoms with van der Waals surface area (Å²) in [6.07, 6.45) is 9.79. The quantitative estimate of drug-likeness (QED) is 0.323. The lowest BCUT2D eigenvalue weighted by Gasteiger charge is -2.28. The van der Waals surface area contributed by atoms with Crippen molar-refractivity contribution in [1.29, 1.82) is 0 Å². The van der Waals surface area contributed by atoms with Crippen molar-refractivity contribution >= 4 is 30.5 Å². The molecule has 15 heavy (non-hydrogen) atoms. The predicted molar refractivity (Wildman–Crippen MR) is 82.1 cm³/mol. The van der Waals surface area contributed by atoms with Crippen LogP contribution in [-0.4, -0.2) is 15.2 Å². The van der Waals surface area contributed by atoms with Crippen molar-refractivity contribution in [2.24, 2.45) is 0 Å². The first kappa shape index (κ1) is 15.1. The zero-order valence-electron chi connectivity index (χ0n) is 9.68. The highest BCUT2D eigenvalue weighted by atomic mass is 79.9. The third kappa shape index (κ3) is 6.33. The van der Waals surface area contributed by atoms with Crippen LogP contribution < -0.4 is 0 Å². The second-order valence-electron chi connectivity index (χ2n) is 4.12. The molecule has 0 aliphatic heterocycles. The van der Waals surface area contributed by atoms with Gasteiger partial charge in [0.2, 0.25) is 0 Å². The summed E-state index contributed by atoms with van der Waals surface area (Å²) in [5.41, 5.74) is 0. The summed E-state index contributed by atoms with van der Waals surface area (Å²) >= 11 is 3.86. The van der Waals surface area contributed by atoms with Crippen LogP contribution in [-0.2, 0) is 0 Å². The Morgan fingerprint density at radius 2 is 1.20 bits per heavy atom. The third-order valence-corrected chi connectivity index (χ3v) is 23.1. The Labute approximate surface area is 106 Å². The fourth-order valence-corrected chi connectivity index (χ4v) is 16.0. The lowest BCUT2D eigenvalue weighted by molar-refractivity contribution is 1.04. The van der Waals surface area contributed by atoms with Crippen molar-refractivity contribution in [3.05, 3.63) is 38.0 Å². The highest BCUT2D eigenvalue weighted by molar-refractivity contribution is 9.24. The van der Waals surface area contributed by atoms with E-state index in [0.29, 0.717) is 0 Å². The number of allylic oxidation sites excluding steroid dienone is 3. The highest BCUT2D eigenvalue weighted by Gasteiger charge is 2.29. The van der Waals surface area contributed by atoms with Gasteiger partial charge in [-0.1, -0.05) is 36.4 Å². The van der Waals surface area contributed by atoms with Crippen molar-refractivity contribution in [1.82, 2.24) is 0 Å². The first-order valence-corrected chi connectivity index (χ1v) is 14.5. The normalized spacial score (nSPS) is 11.8. The molecular formula is C12H23BrSi2. The number of hydrogen-bond acceptors (Lipinski definition) is 0. The molecule has 0 saturated carbocycles. The van der Waals surface area contributed by atoms with Gasteiger partial charge in [-0.15, -0.1) is 35.0 Å². The van der Waals surface area contributed by atoms with Gasteiger partial charge < -0.3 is 0 Å². The molecule has 0 aromatic heterocycles. The minimum absolute atomic E-state index is 0.0318. The summed E-state index contributed by atoms with van der Waals surface area (Å²) in [6.45, 7) is 11.5. The van der Waals surface area contributed by atoms with Crippen LogP contribution in [0.15, 0.2) is 38.0 Å². The Hall–Kier alpha value is 0.134. The Morgan fingerprint density at radius 3 is 1.40 bits per heavy atom. The summed E-state index contributed by atoms with van der Waals surface area (Å²) in [6, 6.07) is 4.24. The average Bonchev–Trinajstić information content (AvgIpc) is 2.29. The lowest BCUT2D eigenvalue weighted by Crippen LogP contribution is -2.38. The van der Waals surface area contributed by atoms with Gasteiger partial charge in [-0.2, -0.15) is 0 Å². The number of rotatable bonds is 10. The SMILES string of the molecule is C=CCC[Si](CCC=C)(CCC=C)[SiH2]Br. The minimum atomic E-state index is -0.991. The lowest BCUT2D eigenvalue weighted by atomic mass is 10.5. The molecule has 0 amide bonds. The van der Waals surface area contributed by atoms with E-state index in [1.54, 1.807) is 0 Å². The molecule has 0 aliphatic rings. The second-order valence-corrected chi connectivity index (χ2v) is 19.2. The van der Waals surface area contributed by atoms with Crippen LogP contribution in [0.3, 0.4) is 0 Å². The van der Waals surface area contributed by atoms with Crippen molar-refractivity contribution in [3.8, 4) is 0 Å². The summed E-state index contributed by atoms with van der Waals surface area (Å²) < 4.78 is 0. The van der Waals surface area contributed by atoms with Crippen LogP contribution in [0, 0.1) is 0 Å². The van der Waals surface area contributed by atoms with E-state index in [9.17, 15) is 0 Å². The van der Waals surface area contributed by atoms with Gasteiger partial charge in [0.05, 0.1) is 15.2 Å². The maximum Gasteiger partial charge on any atom is 0.0921 e. The van der Waals surface area contributed by atoms with E-state index < -0.39 is 7.59 Å². The molecule has 0 atom stereocenters. The number of hydrogen-bond donors (Lipinski definition) is 0. The molecule has 0 saturated heterocycles. The van der Waals surface area contributed by atoms with E-state index >= 15 is 0 Å². The minimum Gasteiger partial charge on any atom is -0.139 e. The molecule has 0 aliphatic carbocycles. The van der Waals surface area contributed by atoms with Crippen LogP contribution in [0.5, 0.6) is 0 Å². The van der Waals surface area contributed by atoms with Gasteiger partial charge in [0.1, 0.15) is 0 Å². The second kappa shape index (κ2) is 9.37. The summed E-state index contributed by atoms with van der Waals surface area (Å²) in [5.74, 6) is 0. The van der Waals surface area contributed by atoms with Gasteiger partial charge in [-0.25, -0.2) is 0 Å². The molecule has 3 heteroatoms. The Bertz CT molecular complexity index is 171. The first-order valence-electron chi connectivity index (χ1n) is 5.63. The van der Waals surface area contributed by atoms with Crippen LogP contribution >= 0.6 is 15.3 Å². The van der Waals surface area contributed by atoms with E-state index in [4.69, 9.17) is 0 Å². The van der Waals surface area contributed by atoms with Crippen LogP contribution in [0.4, 0.5) is 0 Å². The molecule has 0 fully saturated rings. The monoisotopic (exact) mass is 302 g/mol. The Morgan fingerprint density at radius 1 is 0.867 bits per heavy atom. The fraction of sp³-hybridized carbons (Fsp3) is 0.500. The molecule has 0 bridgehead atoms. The van der Waals surface area contributed by atoms with Gasteiger partial charge in [-0.05, 0) is 19.3 Å². The van der Waals surface area contributed by atoms with E-state index in [1.165, 1.54) is 37.4 Å². The van der Waals surface area contributed by atoms with Gasteiger partial charge >= 0.3 is 0 Å². The zero-order valence-corrected chi connectivity index (χ0v) is 13.7. The molecule has 0 aromatic carbocycles. The third-order valence-electron chi connectivity index (χ3n) is 2.92. The molecule has 0 nitrogen and oxygen atoms in total. The standard InChI is InChI=1S/C12H23BrSi2/c1-4-7-10-15(14-13,11-8-5-2)12-9-6-3/h4-6H,1-3,7-12,14H2. The molecule has 0 heterocycles. The predicted octanol–water partition coefficient (Wildman–Crippen LogP) is 4.14.